The SMILES string of the molecule is CC(C)c1cc(-c2nnc(SCc3ccccn3)n2-c2ccc3c(ccn3C)c2)c(O)cc1O. The van der Waals surface area contributed by atoms with Gasteiger partial charge in [0.05, 0.1) is 16.9 Å². The van der Waals surface area contributed by atoms with E-state index in [1.54, 1.807) is 12.3 Å². The molecule has 0 saturated carbocycles. The Balaban J connectivity index is 1.66. The molecule has 3 aromatic heterocycles. The standard InChI is InChI=1S/C26H25N5O2S/c1-16(2)20-13-21(24(33)14-23(20)32)25-28-29-26(34-15-18-6-4-5-10-27-18)31(25)19-7-8-22-17(12-19)9-11-30(22)3/h4-14,16,32-33H,15H2,1-3H3. The highest BCUT2D eigenvalue weighted by Gasteiger charge is 2.22. The van der Waals surface area contributed by atoms with Crippen LogP contribution in [0.15, 0.2) is 72.1 Å². The maximum atomic E-state index is 10.8. The number of pyridine rings is 1. The van der Waals surface area contributed by atoms with Gasteiger partial charge in [-0.05, 0) is 53.9 Å². The van der Waals surface area contributed by atoms with Gasteiger partial charge in [-0.15, -0.1) is 10.2 Å². The third-order valence-corrected chi connectivity index (χ3v) is 6.81. The smallest absolute Gasteiger partial charge is 0.196 e. The van der Waals surface area contributed by atoms with Crippen LogP contribution >= 0.6 is 11.8 Å². The Morgan fingerprint density at radius 1 is 0.971 bits per heavy atom. The second-order valence-corrected chi connectivity index (χ2v) is 9.45. The monoisotopic (exact) mass is 471 g/mol. The van der Waals surface area contributed by atoms with E-state index in [9.17, 15) is 10.2 Å². The fourth-order valence-electron chi connectivity index (χ4n) is 4.04. The lowest BCUT2D eigenvalue weighted by molar-refractivity contribution is 0.444. The minimum absolute atomic E-state index is 0.0439. The average molecular weight is 472 g/mol. The van der Waals surface area contributed by atoms with Crippen molar-refractivity contribution in [2.24, 2.45) is 7.05 Å². The number of benzene rings is 2. The number of hydrogen-bond acceptors (Lipinski definition) is 6. The molecule has 0 spiro atoms. The van der Waals surface area contributed by atoms with Crippen molar-refractivity contribution < 1.29 is 10.2 Å². The van der Waals surface area contributed by atoms with Crippen LogP contribution in [-0.2, 0) is 12.8 Å². The minimum atomic E-state index is -0.0439. The number of phenolic OH excluding ortho intramolecular Hbond substituents is 2. The molecule has 2 aromatic carbocycles. The molecule has 5 rings (SSSR count). The van der Waals surface area contributed by atoms with Gasteiger partial charge >= 0.3 is 0 Å². The van der Waals surface area contributed by atoms with E-state index < -0.39 is 0 Å². The number of fused-ring (bicyclic) bond motifs is 1. The Morgan fingerprint density at radius 2 is 1.82 bits per heavy atom. The molecule has 0 aliphatic rings. The molecule has 0 saturated heterocycles. The molecule has 34 heavy (non-hydrogen) atoms. The number of thioether (sulfide) groups is 1. The normalized spacial score (nSPS) is 11.5. The molecule has 0 fully saturated rings. The lowest BCUT2D eigenvalue weighted by Crippen LogP contribution is -2.01. The number of phenols is 2. The van der Waals surface area contributed by atoms with Crippen LogP contribution in [0.25, 0.3) is 28.0 Å². The van der Waals surface area contributed by atoms with E-state index in [2.05, 4.69) is 37.9 Å². The van der Waals surface area contributed by atoms with Crippen molar-refractivity contribution in [3.05, 3.63) is 78.2 Å². The molecule has 0 unspecified atom stereocenters. The van der Waals surface area contributed by atoms with Crippen molar-refractivity contribution in [1.29, 1.82) is 0 Å². The molecule has 2 N–H and O–H groups in total. The summed E-state index contributed by atoms with van der Waals surface area (Å²) in [7, 11) is 2.02. The van der Waals surface area contributed by atoms with Gasteiger partial charge in [0.15, 0.2) is 11.0 Å². The molecule has 0 aliphatic heterocycles. The van der Waals surface area contributed by atoms with Crippen LogP contribution in [0.1, 0.15) is 31.0 Å². The predicted octanol–water partition coefficient (Wildman–Crippen LogP) is 5.65. The molecule has 0 aliphatic carbocycles. The van der Waals surface area contributed by atoms with E-state index in [1.807, 2.05) is 55.9 Å². The summed E-state index contributed by atoms with van der Waals surface area (Å²) in [6, 6.07) is 17.3. The van der Waals surface area contributed by atoms with Gasteiger partial charge in [-0.25, -0.2) is 0 Å². The fraction of sp³-hybridized carbons (Fsp3) is 0.192. The summed E-state index contributed by atoms with van der Waals surface area (Å²) in [6.07, 6.45) is 3.80. The number of nitrogens with zero attached hydrogens (tertiary/aromatic N) is 5. The minimum Gasteiger partial charge on any atom is -0.508 e. The molecule has 3 heterocycles. The summed E-state index contributed by atoms with van der Waals surface area (Å²) in [5, 5.41) is 31.8. The number of aromatic hydroxyl groups is 2. The largest absolute Gasteiger partial charge is 0.508 e. The van der Waals surface area contributed by atoms with Crippen LogP contribution in [-0.4, -0.2) is 34.5 Å². The highest BCUT2D eigenvalue weighted by molar-refractivity contribution is 7.98. The summed E-state index contributed by atoms with van der Waals surface area (Å²) < 4.78 is 4.03. The van der Waals surface area contributed by atoms with E-state index >= 15 is 0 Å². The van der Waals surface area contributed by atoms with E-state index in [1.165, 1.54) is 17.8 Å². The molecule has 0 atom stereocenters. The maximum Gasteiger partial charge on any atom is 0.196 e. The highest BCUT2D eigenvalue weighted by atomic mass is 32.2. The van der Waals surface area contributed by atoms with Gasteiger partial charge in [-0.1, -0.05) is 31.7 Å². The zero-order valence-corrected chi connectivity index (χ0v) is 20.0. The van der Waals surface area contributed by atoms with Crippen LogP contribution in [0, 0.1) is 0 Å². The molecule has 0 radical (unpaired) electrons. The van der Waals surface area contributed by atoms with Gasteiger partial charge in [-0.2, -0.15) is 0 Å². The second-order valence-electron chi connectivity index (χ2n) is 8.50. The molecular formula is C26H25N5O2S. The summed E-state index contributed by atoms with van der Waals surface area (Å²) in [4.78, 5) is 4.41. The van der Waals surface area contributed by atoms with Crippen molar-refractivity contribution in [1.82, 2.24) is 24.3 Å². The lowest BCUT2D eigenvalue weighted by Gasteiger charge is -2.15. The number of aryl methyl sites for hydroxylation is 1. The fourth-order valence-corrected chi connectivity index (χ4v) is 4.90. The highest BCUT2D eigenvalue weighted by Crippen LogP contribution is 2.39. The zero-order chi connectivity index (χ0) is 23.8. The van der Waals surface area contributed by atoms with Crippen molar-refractivity contribution in [3.8, 4) is 28.6 Å². The Kier molecular flexibility index (Phi) is 5.75. The van der Waals surface area contributed by atoms with Crippen LogP contribution in [0.4, 0.5) is 0 Å². The quantitative estimate of drug-likeness (QED) is 0.311. The van der Waals surface area contributed by atoms with Gasteiger partial charge in [-0.3, -0.25) is 9.55 Å². The summed E-state index contributed by atoms with van der Waals surface area (Å²) >= 11 is 1.53. The van der Waals surface area contributed by atoms with Crippen molar-refractivity contribution >= 4 is 22.7 Å². The first-order chi connectivity index (χ1) is 16.4. The first kappa shape index (κ1) is 22.0. The Bertz CT molecular complexity index is 1470. The van der Waals surface area contributed by atoms with Crippen molar-refractivity contribution in [3.63, 3.8) is 0 Å². The van der Waals surface area contributed by atoms with Crippen LogP contribution in [0.2, 0.25) is 0 Å². The van der Waals surface area contributed by atoms with Crippen LogP contribution in [0.3, 0.4) is 0 Å². The zero-order valence-electron chi connectivity index (χ0n) is 19.2. The topological polar surface area (TPSA) is 89.0 Å². The summed E-state index contributed by atoms with van der Waals surface area (Å²) in [5.41, 5.74) is 4.21. The van der Waals surface area contributed by atoms with Gasteiger partial charge in [0.25, 0.3) is 0 Å². The van der Waals surface area contributed by atoms with Gasteiger partial charge in [0.1, 0.15) is 11.5 Å². The number of aromatic nitrogens is 5. The average Bonchev–Trinajstić information content (AvgIpc) is 3.41. The van der Waals surface area contributed by atoms with Gasteiger partial charge in [0, 0.05) is 42.2 Å². The van der Waals surface area contributed by atoms with E-state index in [0.29, 0.717) is 22.3 Å². The summed E-state index contributed by atoms with van der Waals surface area (Å²) in [6.45, 7) is 4.00. The van der Waals surface area contributed by atoms with Crippen molar-refractivity contribution in [2.75, 3.05) is 0 Å². The number of rotatable bonds is 6. The van der Waals surface area contributed by atoms with Crippen LogP contribution < -0.4 is 0 Å². The second kappa shape index (κ2) is 8.87. The van der Waals surface area contributed by atoms with E-state index in [-0.39, 0.29) is 17.4 Å². The van der Waals surface area contributed by atoms with Gasteiger partial charge in [0.2, 0.25) is 0 Å². The maximum absolute atomic E-state index is 10.8. The predicted molar refractivity (Wildman–Crippen MR) is 134 cm³/mol. The first-order valence-corrected chi connectivity index (χ1v) is 12.0. The van der Waals surface area contributed by atoms with E-state index in [0.717, 1.165) is 27.8 Å². The Labute approximate surface area is 201 Å². The third kappa shape index (κ3) is 4.01. The molecule has 0 amide bonds. The molecule has 5 aromatic rings. The first-order valence-electron chi connectivity index (χ1n) is 11.0. The Morgan fingerprint density at radius 3 is 2.59 bits per heavy atom. The number of hydrogen-bond donors (Lipinski definition) is 2. The van der Waals surface area contributed by atoms with E-state index in [4.69, 9.17) is 0 Å². The van der Waals surface area contributed by atoms with Gasteiger partial charge < -0.3 is 14.8 Å². The Hall–Kier alpha value is -3.78. The van der Waals surface area contributed by atoms with Crippen molar-refractivity contribution in [2.45, 2.75) is 30.7 Å². The molecule has 7 nitrogen and oxygen atoms in total. The molecule has 8 heteroatoms. The lowest BCUT2D eigenvalue weighted by atomic mass is 9.98. The third-order valence-electron chi connectivity index (χ3n) is 5.84. The molecular weight excluding hydrogens is 446 g/mol. The molecule has 172 valence electrons. The summed E-state index contributed by atoms with van der Waals surface area (Å²) in [5.74, 6) is 1.24. The van der Waals surface area contributed by atoms with Crippen LogP contribution in [0.5, 0.6) is 11.5 Å². The molecule has 0 bridgehead atoms.